The van der Waals surface area contributed by atoms with Crippen LogP contribution in [0.25, 0.3) is 0 Å². The smallest absolute Gasteiger partial charge is 0.209 e. The lowest BCUT2D eigenvalue weighted by Crippen LogP contribution is -2.17. The summed E-state index contributed by atoms with van der Waals surface area (Å²) in [6.07, 6.45) is 1.83. The van der Waals surface area contributed by atoms with Crippen LogP contribution >= 0.6 is 11.8 Å². The van der Waals surface area contributed by atoms with Crippen LogP contribution in [0.2, 0.25) is 0 Å². The van der Waals surface area contributed by atoms with Crippen molar-refractivity contribution in [1.82, 2.24) is 20.2 Å². The third-order valence-electron chi connectivity index (χ3n) is 3.45. The summed E-state index contributed by atoms with van der Waals surface area (Å²) in [5, 5.41) is 22.6. The van der Waals surface area contributed by atoms with Crippen molar-refractivity contribution in [2.45, 2.75) is 36.8 Å². The Bertz CT molecular complexity index is 557. The summed E-state index contributed by atoms with van der Waals surface area (Å²) in [4.78, 5) is 0. The minimum atomic E-state index is -0.524. The van der Waals surface area contributed by atoms with E-state index >= 15 is 0 Å². The Hall–Kier alpha value is -1.44. The number of rotatable bonds is 6. The highest BCUT2D eigenvalue weighted by Gasteiger charge is 2.19. The minimum Gasteiger partial charge on any atom is -0.388 e. The van der Waals surface area contributed by atoms with Crippen LogP contribution in [0.1, 0.15) is 24.5 Å². The fourth-order valence-corrected chi connectivity index (χ4v) is 3.17. The molecule has 1 aliphatic rings. The second kappa shape index (κ2) is 7.02. The first-order chi connectivity index (χ1) is 10.3. The normalized spacial score (nSPS) is 19.8. The highest BCUT2D eigenvalue weighted by Crippen LogP contribution is 2.23. The molecule has 0 radical (unpaired) electrons. The molecule has 6 nitrogen and oxygen atoms in total. The Labute approximate surface area is 127 Å². The number of hydrogen-bond donors (Lipinski definition) is 1. The third kappa shape index (κ3) is 3.81. The predicted molar refractivity (Wildman–Crippen MR) is 78.9 cm³/mol. The molecule has 1 saturated heterocycles. The van der Waals surface area contributed by atoms with Crippen LogP contribution in [0, 0.1) is 0 Å². The van der Waals surface area contributed by atoms with Crippen molar-refractivity contribution in [3.05, 3.63) is 35.9 Å². The van der Waals surface area contributed by atoms with E-state index in [-0.39, 0.29) is 6.10 Å². The van der Waals surface area contributed by atoms with Gasteiger partial charge in [0.05, 0.1) is 18.8 Å². The number of tetrazole rings is 1. The molecule has 1 fully saturated rings. The number of hydrogen-bond acceptors (Lipinski definition) is 6. The quantitative estimate of drug-likeness (QED) is 0.819. The number of aliphatic hydroxyl groups excluding tert-OH is 1. The van der Waals surface area contributed by atoms with Crippen LogP contribution in [0.4, 0.5) is 0 Å². The summed E-state index contributed by atoms with van der Waals surface area (Å²) < 4.78 is 7.36. The van der Waals surface area contributed by atoms with E-state index in [2.05, 4.69) is 15.5 Å². The van der Waals surface area contributed by atoms with E-state index in [1.807, 2.05) is 30.3 Å². The summed E-state index contributed by atoms with van der Waals surface area (Å²) in [7, 11) is 0. The summed E-state index contributed by atoms with van der Waals surface area (Å²) in [6.45, 7) is 1.50. The van der Waals surface area contributed by atoms with E-state index in [0.29, 0.717) is 12.3 Å². The highest BCUT2D eigenvalue weighted by molar-refractivity contribution is 7.99. The van der Waals surface area contributed by atoms with Crippen LogP contribution in [0.3, 0.4) is 0 Å². The van der Waals surface area contributed by atoms with Gasteiger partial charge in [0.2, 0.25) is 5.16 Å². The van der Waals surface area contributed by atoms with Gasteiger partial charge in [0.15, 0.2) is 0 Å². The lowest BCUT2D eigenvalue weighted by molar-refractivity contribution is 0.0911. The van der Waals surface area contributed by atoms with Crippen molar-refractivity contribution in [2.24, 2.45) is 0 Å². The highest BCUT2D eigenvalue weighted by atomic mass is 32.2. The van der Waals surface area contributed by atoms with Crippen LogP contribution in [0.15, 0.2) is 35.5 Å². The van der Waals surface area contributed by atoms with Gasteiger partial charge in [0, 0.05) is 12.4 Å². The number of thioether (sulfide) groups is 1. The van der Waals surface area contributed by atoms with Crippen molar-refractivity contribution in [2.75, 3.05) is 12.4 Å². The summed E-state index contributed by atoms with van der Waals surface area (Å²) in [5.74, 6) is 0.524. The topological polar surface area (TPSA) is 73.1 Å². The van der Waals surface area contributed by atoms with Crippen molar-refractivity contribution in [3.63, 3.8) is 0 Å². The summed E-state index contributed by atoms with van der Waals surface area (Å²) in [5.41, 5.74) is 0.906. The fourth-order valence-electron chi connectivity index (χ4n) is 2.32. The van der Waals surface area contributed by atoms with Gasteiger partial charge in [-0.15, -0.1) is 5.10 Å². The number of ether oxygens (including phenoxy) is 1. The molecule has 21 heavy (non-hydrogen) atoms. The average Bonchev–Trinajstić information content (AvgIpc) is 3.18. The van der Waals surface area contributed by atoms with Gasteiger partial charge in [-0.2, -0.15) is 0 Å². The molecule has 1 aliphatic heterocycles. The number of nitrogens with zero attached hydrogens (tertiary/aromatic N) is 4. The van der Waals surface area contributed by atoms with Gasteiger partial charge in [-0.05, 0) is 28.8 Å². The molecule has 0 aliphatic carbocycles. The van der Waals surface area contributed by atoms with E-state index in [9.17, 15) is 5.11 Å². The Morgan fingerprint density at radius 1 is 1.38 bits per heavy atom. The molecule has 2 atom stereocenters. The molecule has 2 aromatic rings. The lowest BCUT2D eigenvalue weighted by Gasteiger charge is -2.12. The summed E-state index contributed by atoms with van der Waals surface area (Å²) >= 11 is 1.46. The molecular formula is C14H18N4O2S. The molecule has 0 saturated carbocycles. The van der Waals surface area contributed by atoms with Crippen LogP contribution in [-0.2, 0) is 11.3 Å². The van der Waals surface area contributed by atoms with E-state index in [0.717, 1.165) is 30.2 Å². The maximum Gasteiger partial charge on any atom is 0.209 e. The lowest BCUT2D eigenvalue weighted by atomic mass is 10.1. The zero-order valence-corrected chi connectivity index (χ0v) is 12.4. The maximum atomic E-state index is 10.2. The molecule has 112 valence electrons. The third-order valence-corrected chi connectivity index (χ3v) is 4.49. The van der Waals surface area contributed by atoms with Gasteiger partial charge in [-0.3, -0.25) is 0 Å². The van der Waals surface area contributed by atoms with Gasteiger partial charge in [0.1, 0.15) is 0 Å². The van der Waals surface area contributed by atoms with Gasteiger partial charge in [-0.1, -0.05) is 42.1 Å². The van der Waals surface area contributed by atoms with E-state index in [1.165, 1.54) is 11.8 Å². The second-order valence-corrected chi connectivity index (χ2v) is 6.00. The van der Waals surface area contributed by atoms with Crippen LogP contribution in [0.5, 0.6) is 0 Å². The molecule has 1 N–H and O–H groups in total. The first-order valence-electron chi connectivity index (χ1n) is 7.06. The molecular weight excluding hydrogens is 288 g/mol. The summed E-state index contributed by atoms with van der Waals surface area (Å²) in [6, 6.07) is 9.61. The Morgan fingerprint density at radius 2 is 2.24 bits per heavy atom. The molecule has 0 bridgehead atoms. The minimum absolute atomic E-state index is 0.201. The van der Waals surface area contributed by atoms with Gasteiger partial charge in [0.25, 0.3) is 0 Å². The number of aliphatic hydroxyl groups is 1. The first kappa shape index (κ1) is 14.5. The van der Waals surface area contributed by atoms with Crippen molar-refractivity contribution >= 4 is 11.8 Å². The fraction of sp³-hybridized carbons (Fsp3) is 0.500. The molecule has 0 spiro atoms. The SMILES string of the molecule is O[C@@H](CSc1nnnn1C[C@@H]1CCCO1)c1ccccc1. The molecule has 7 heteroatoms. The van der Waals surface area contributed by atoms with E-state index in [4.69, 9.17) is 4.74 Å². The van der Waals surface area contributed by atoms with Crippen molar-refractivity contribution in [3.8, 4) is 0 Å². The van der Waals surface area contributed by atoms with Crippen molar-refractivity contribution < 1.29 is 9.84 Å². The average molecular weight is 306 g/mol. The maximum absolute atomic E-state index is 10.2. The van der Waals surface area contributed by atoms with Gasteiger partial charge in [-0.25, -0.2) is 4.68 Å². The molecule has 3 rings (SSSR count). The van der Waals surface area contributed by atoms with Gasteiger partial charge >= 0.3 is 0 Å². The Morgan fingerprint density at radius 3 is 3.00 bits per heavy atom. The Kier molecular flexibility index (Phi) is 4.84. The largest absolute Gasteiger partial charge is 0.388 e. The van der Waals surface area contributed by atoms with Gasteiger partial charge < -0.3 is 9.84 Å². The molecule has 1 aromatic carbocycles. The monoisotopic (exact) mass is 306 g/mol. The van der Waals surface area contributed by atoms with Crippen LogP contribution in [-0.4, -0.2) is 43.8 Å². The molecule has 0 unspecified atom stereocenters. The van der Waals surface area contributed by atoms with Crippen LogP contribution < -0.4 is 0 Å². The predicted octanol–water partition coefficient (Wildman–Crippen LogP) is 1.68. The zero-order chi connectivity index (χ0) is 14.5. The standard InChI is InChI=1S/C14H18N4O2S/c19-13(11-5-2-1-3-6-11)10-21-14-15-16-17-18(14)9-12-7-4-8-20-12/h1-3,5-6,12-13,19H,4,7-10H2/t12-,13-/m0/s1. The zero-order valence-electron chi connectivity index (χ0n) is 11.6. The van der Waals surface area contributed by atoms with E-state index in [1.54, 1.807) is 4.68 Å². The number of benzene rings is 1. The first-order valence-corrected chi connectivity index (χ1v) is 8.05. The van der Waals surface area contributed by atoms with E-state index < -0.39 is 6.10 Å². The van der Waals surface area contributed by atoms with Crippen molar-refractivity contribution in [1.29, 1.82) is 0 Å². The number of aromatic nitrogens is 4. The second-order valence-electron chi connectivity index (χ2n) is 5.02. The molecule has 1 aromatic heterocycles. The molecule has 0 amide bonds. The molecule has 2 heterocycles. The Balaban J connectivity index is 1.57.